The summed E-state index contributed by atoms with van der Waals surface area (Å²) in [4.78, 5) is 28.5. The molecule has 5 N–H and O–H groups in total. The predicted molar refractivity (Wildman–Crippen MR) is 121 cm³/mol. The molecule has 1 amide bonds. The topological polar surface area (TPSA) is 117 Å². The smallest absolute Gasteiger partial charge is 0.221 e. The maximum absolute atomic E-state index is 15.4. The third-order valence-electron chi connectivity index (χ3n) is 4.59. The van der Waals surface area contributed by atoms with Crippen molar-refractivity contribution in [2.45, 2.75) is 38.8 Å². The van der Waals surface area contributed by atoms with Gasteiger partial charge in [0.05, 0.1) is 17.2 Å². The van der Waals surface area contributed by atoms with Crippen LogP contribution < -0.4 is 16.4 Å². The van der Waals surface area contributed by atoms with E-state index in [0.717, 1.165) is 0 Å². The number of pyridine rings is 1. The summed E-state index contributed by atoms with van der Waals surface area (Å²) in [6, 6.07) is 5.26. The first-order valence-electron chi connectivity index (χ1n) is 9.66. The van der Waals surface area contributed by atoms with E-state index in [9.17, 15) is 9.59 Å². The first kappa shape index (κ1) is 26.8. The number of ketones is 1. The molecule has 0 saturated heterocycles. The molecule has 10 heteroatoms. The minimum atomic E-state index is -0.708. The molecule has 2 atom stereocenters. The fourth-order valence-corrected chi connectivity index (χ4v) is 3.34. The number of nitrogens with one attached hydrogen (secondary N) is 2. The summed E-state index contributed by atoms with van der Waals surface area (Å²) in [5.74, 6) is -1.26. The molecule has 2 aromatic rings. The maximum Gasteiger partial charge on any atom is 0.221 e. The number of aliphatic hydroxyl groups excluding tert-OH is 1. The fourth-order valence-electron chi connectivity index (χ4n) is 3.11. The number of carbonyl (C=O) groups excluding carboxylic acids is 2. The van der Waals surface area contributed by atoms with E-state index in [2.05, 4.69) is 15.6 Å². The summed E-state index contributed by atoms with van der Waals surface area (Å²) in [7, 11) is 0. The van der Waals surface area contributed by atoms with Gasteiger partial charge in [-0.05, 0) is 31.5 Å². The van der Waals surface area contributed by atoms with Crippen molar-refractivity contribution in [2.75, 3.05) is 18.9 Å². The number of nitrogens with zero attached hydrogens (tertiary/aromatic N) is 1. The van der Waals surface area contributed by atoms with Gasteiger partial charge in [-0.1, -0.05) is 24.6 Å². The highest BCUT2D eigenvalue weighted by atomic mass is 35.5. The second kappa shape index (κ2) is 12.6. The van der Waals surface area contributed by atoms with Crippen molar-refractivity contribution in [1.29, 1.82) is 0 Å². The molecule has 0 aliphatic carbocycles. The molecule has 1 aromatic carbocycles. The normalized spacial score (nSPS) is 12.5. The number of amides is 1. The van der Waals surface area contributed by atoms with Crippen LogP contribution in [0.5, 0.6) is 0 Å². The van der Waals surface area contributed by atoms with Crippen molar-refractivity contribution >= 4 is 41.5 Å². The lowest BCUT2D eigenvalue weighted by Gasteiger charge is -2.24. The number of anilines is 1. The Morgan fingerprint density at radius 3 is 2.58 bits per heavy atom. The van der Waals surface area contributed by atoms with Gasteiger partial charge in [0.15, 0.2) is 5.78 Å². The van der Waals surface area contributed by atoms with E-state index in [4.69, 9.17) is 22.4 Å². The third kappa shape index (κ3) is 7.14. The van der Waals surface area contributed by atoms with Crippen molar-refractivity contribution in [3.05, 3.63) is 58.0 Å². The molecule has 0 bridgehead atoms. The van der Waals surface area contributed by atoms with Crippen molar-refractivity contribution in [3.63, 3.8) is 0 Å². The average molecular weight is 473 g/mol. The molecule has 0 aliphatic rings. The van der Waals surface area contributed by atoms with Gasteiger partial charge in [-0.15, -0.1) is 12.4 Å². The highest BCUT2D eigenvalue weighted by molar-refractivity contribution is 6.35. The number of nitrogens with two attached hydrogens (primary N) is 1. The number of nitrogen functional groups attached to an aromatic ring is 1. The summed E-state index contributed by atoms with van der Waals surface area (Å²) in [6.45, 7) is 3.72. The molecule has 0 spiro atoms. The Balaban J connectivity index is 0.00000480. The number of aromatic nitrogens is 1. The van der Waals surface area contributed by atoms with Gasteiger partial charge in [0.2, 0.25) is 5.91 Å². The summed E-state index contributed by atoms with van der Waals surface area (Å²) in [5.41, 5.74) is 5.78. The molecular weight excluding hydrogens is 446 g/mol. The van der Waals surface area contributed by atoms with Gasteiger partial charge >= 0.3 is 0 Å². The zero-order valence-corrected chi connectivity index (χ0v) is 18.9. The molecule has 1 aromatic heterocycles. The van der Waals surface area contributed by atoms with Crippen LogP contribution in [0.15, 0.2) is 30.5 Å². The standard InChI is InChI=1S/C21H26ClFN4O3.ClH/c1-3-16(27-12(2)10-18(29)25-8-9-28)14-5-6-15(22)19(20(14)23)21(30)13-4-7-17(24)26-11-13;/h4-7,11-12,16,27-28H,3,8-10H2,1-2H3,(H2,24,26)(H,25,29);1H/t12-,16-;/m1./s1. The molecule has 0 radical (unpaired) electrons. The Labute approximate surface area is 192 Å². The lowest BCUT2D eigenvalue weighted by Crippen LogP contribution is -2.37. The Morgan fingerprint density at radius 1 is 1.29 bits per heavy atom. The second-order valence-corrected chi connectivity index (χ2v) is 7.34. The number of aliphatic hydroxyl groups is 1. The molecular formula is C21H27Cl2FN4O3. The lowest BCUT2D eigenvalue weighted by atomic mass is 9.96. The van der Waals surface area contributed by atoms with Crippen LogP contribution in [-0.4, -0.2) is 41.0 Å². The molecule has 0 unspecified atom stereocenters. The maximum atomic E-state index is 15.4. The quantitative estimate of drug-likeness (QED) is 0.394. The lowest BCUT2D eigenvalue weighted by molar-refractivity contribution is -0.121. The molecule has 0 aliphatic heterocycles. The molecule has 0 saturated carbocycles. The Morgan fingerprint density at radius 2 is 2.00 bits per heavy atom. The molecule has 2 rings (SSSR count). The zero-order valence-electron chi connectivity index (χ0n) is 17.3. The Hall–Kier alpha value is -2.26. The van der Waals surface area contributed by atoms with Gasteiger partial charge in [0.1, 0.15) is 11.6 Å². The zero-order chi connectivity index (χ0) is 22.3. The summed E-state index contributed by atoms with van der Waals surface area (Å²) < 4.78 is 15.4. The average Bonchev–Trinajstić information content (AvgIpc) is 2.71. The monoisotopic (exact) mass is 472 g/mol. The number of carbonyl (C=O) groups is 2. The van der Waals surface area contributed by atoms with E-state index < -0.39 is 17.6 Å². The van der Waals surface area contributed by atoms with E-state index in [-0.39, 0.29) is 71.5 Å². The highest BCUT2D eigenvalue weighted by Crippen LogP contribution is 2.30. The summed E-state index contributed by atoms with van der Waals surface area (Å²) in [5, 5.41) is 14.6. The van der Waals surface area contributed by atoms with Crippen LogP contribution in [0.3, 0.4) is 0 Å². The fraction of sp³-hybridized carbons (Fsp3) is 0.381. The van der Waals surface area contributed by atoms with Crippen LogP contribution >= 0.6 is 24.0 Å². The number of benzene rings is 1. The minimum Gasteiger partial charge on any atom is -0.395 e. The van der Waals surface area contributed by atoms with Crippen LogP contribution in [0.1, 0.15) is 54.2 Å². The number of hydrogen-bond donors (Lipinski definition) is 4. The second-order valence-electron chi connectivity index (χ2n) is 6.93. The predicted octanol–water partition coefficient (Wildman–Crippen LogP) is 3.04. The third-order valence-corrected chi connectivity index (χ3v) is 4.91. The van der Waals surface area contributed by atoms with Gasteiger partial charge in [0.25, 0.3) is 0 Å². The van der Waals surface area contributed by atoms with Gasteiger partial charge < -0.3 is 21.5 Å². The summed E-state index contributed by atoms with van der Waals surface area (Å²) >= 11 is 6.15. The molecule has 1 heterocycles. The van der Waals surface area contributed by atoms with Crippen LogP contribution in [0.25, 0.3) is 0 Å². The van der Waals surface area contributed by atoms with Crippen LogP contribution in [0.2, 0.25) is 5.02 Å². The molecule has 170 valence electrons. The number of halogens is 3. The largest absolute Gasteiger partial charge is 0.395 e. The first-order chi connectivity index (χ1) is 14.3. The van der Waals surface area contributed by atoms with Crippen LogP contribution in [0, 0.1) is 5.82 Å². The number of rotatable bonds is 10. The minimum absolute atomic E-state index is 0. The molecule has 0 fully saturated rings. The van der Waals surface area contributed by atoms with Crippen molar-refractivity contribution in [1.82, 2.24) is 15.6 Å². The van der Waals surface area contributed by atoms with Gasteiger partial charge in [-0.2, -0.15) is 0 Å². The molecule has 7 nitrogen and oxygen atoms in total. The van der Waals surface area contributed by atoms with Crippen molar-refractivity contribution in [3.8, 4) is 0 Å². The van der Waals surface area contributed by atoms with E-state index in [1.165, 1.54) is 30.5 Å². The van der Waals surface area contributed by atoms with E-state index >= 15 is 4.39 Å². The number of hydrogen-bond acceptors (Lipinski definition) is 6. The van der Waals surface area contributed by atoms with E-state index in [0.29, 0.717) is 6.42 Å². The first-order valence-corrected chi connectivity index (χ1v) is 10.0. The highest BCUT2D eigenvalue weighted by Gasteiger charge is 2.25. The van der Waals surface area contributed by atoms with Crippen LogP contribution in [0.4, 0.5) is 10.2 Å². The van der Waals surface area contributed by atoms with Gasteiger partial charge in [-0.3, -0.25) is 9.59 Å². The Bertz CT molecular complexity index is 897. The van der Waals surface area contributed by atoms with E-state index in [1.807, 2.05) is 6.92 Å². The van der Waals surface area contributed by atoms with Crippen molar-refractivity contribution in [2.24, 2.45) is 0 Å². The van der Waals surface area contributed by atoms with Crippen LogP contribution in [-0.2, 0) is 4.79 Å². The van der Waals surface area contributed by atoms with Crippen molar-refractivity contribution < 1.29 is 19.1 Å². The molecule has 31 heavy (non-hydrogen) atoms. The summed E-state index contributed by atoms with van der Waals surface area (Å²) in [6.07, 6.45) is 1.97. The van der Waals surface area contributed by atoms with Gasteiger partial charge in [0, 0.05) is 42.4 Å². The Kier molecular flexibility index (Phi) is 10.8. The SMILES string of the molecule is CC[C@@H](N[C@H](C)CC(=O)NCCO)c1ccc(Cl)c(C(=O)c2ccc(N)nc2)c1F.Cl. The van der Waals surface area contributed by atoms with Gasteiger partial charge in [-0.25, -0.2) is 9.37 Å². The van der Waals surface area contributed by atoms with E-state index in [1.54, 1.807) is 6.92 Å².